The van der Waals surface area contributed by atoms with E-state index in [0.717, 1.165) is 38.4 Å². The molecule has 0 radical (unpaired) electrons. The lowest BCUT2D eigenvalue weighted by Crippen LogP contribution is -2.25. The average Bonchev–Trinajstić information content (AvgIpc) is 3.47. The maximum atomic E-state index is 6.09. The summed E-state index contributed by atoms with van der Waals surface area (Å²) in [7, 11) is 0. The first kappa shape index (κ1) is 18.5. The van der Waals surface area contributed by atoms with Crippen molar-refractivity contribution in [2.75, 3.05) is 32.8 Å². The maximum absolute atomic E-state index is 6.09. The summed E-state index contributed by atoms with van der Waals surface area (Å²) in [6, 6.07) is 19.5. The number of hydrogen-bond acceptors (Lipinski definition) is 3. The van der Waals surface area contributed by atoms with Crippen molar-refractivity contribution < 1.29 is 4.74 Å². The Morgan fingerprint density at radius 2 is 1.83 bits per heavy atom. The Morgan fingerprint density at radius 3 is 2.69 bits per heavy atom. The standard InChI is InChI=1S/C26H30N2O/c1-2-7-21(8-3-1)18-28-19-23-11-12-25(26(23)20-28)22-9-6-10-24(17-22)29-16-15-27-13-4-5-14-27/h1-3,6-10,12,17,19,26H,4-5,11,13-16,18,20H2. The van der Waals surface area contributed by atoms with Crippen molar-refractivity contribution in [1.29, 1.82) is 0 Å². The van der Waals surface area contributed by atoms with Crippen LogP contribution in [0.5, 0.6) is 5.75 Å². The van der Waals surface area contributed by atoms with Crippen LogP contribution in [0.2, 0.25) is 0 Å². The predicted molar refractivity (Wildman–Crippen MR) is 119 cm³/mol. The lowest BCUT2D eigenvalue weighted by atomic mass is 9.93. The summed E-state index contributed by atoms with van der Waals surface area (Å²) in [6.07, 6.45) is 8.55. The molecule has 3 heteroatoms. The summed E-state index contributed by atoms with van der Waals surface area (Å²) < 4.78 is 6.09. The van der Waals surface area contributed by atoms with Gasteiger partial charge < -0.3 is 9.64 Å². The maximum Gasteiger partial charge on any atom is 0.119 e. The number of ether oxygens (including phenoxy) is 1. The zero-order chi connectivity index (χ0) is 19.5. The first-order valence-corrected chi connectivity index (χ1v) is 11.0. The molecule has 29 heavy (non-hydrogen) atoms. The molecule has 1 aliphatic carbocycles. The van der Waals surface area contributed by atoms with Crippen LogP contribution >= 0.6 is 0 Å². The fourth-order valence-corrected chi connectivity index (χ4v) is 4.90. The number of hydrogen-bond donors (Lipinski definition) is 0. The van der Waals surface area contributed by atoms with E-state index < -0.39 is 0 Å². The van der Waals surface area contributed by atoms with Crippen LogP contribution < -0.4 is 4.74 Å². The van der Waals surface area contributed by atoms with Gasteiger partial charge in [0.15, 0.2) is 0 Å². The molecular formula is C26H30N2O. The van der Waals surface area contributed by atoms with Crippen LogP contribution in [0.3, 0.4) is 0 Å². The number of likely N-dealkylation sites (tertiary alicyclic amines) is 1. The van der Waals surface area contributed by atoms with Gasteiger partial charge in [0.05, 0.1) is 0 Å². The molecule has 2 heterocycles. The van der Waals surface area contributed by atoms with Gasteiger partial charge in [-0.05, 0) is 73.0 Å². The van der Waals surface area contributed by atoms with Gasteiger partial charge in [0.1, 0.15) is 12.4 Å². The zero-order valence-corrected chi connectivity index (χ0v) is 17.1. The fraction of sp³-hybridized carbons (Fsp3) is 0.385. The molecule has 5 rings (SSSR count). The van der Waals surface area contributed by atoms with Crippen LogP contribution in [0.1, 0.15) is 30.4 Å². The van der Waals surface area contributed by atoms with Crippen LogP contribution in [-0.4, -0.2) is 42.6 Å². The minimum atomic E-state index is 0.526. The first-order valence-electron chi connectivity index (χ1n) is 11.0. The van der Waals surface area contributed by atoms with Gasteiger partial charge in [-0.3, -0.25) is 4.90 Å². The Labute approximate surface area is 174 Å². The van der Waals surface area contributed by atoms with Crippen molar-refractivity contribution in [3.63, 3.8) is 0 Å². The third kappa shape index (κ3) is 4.25. The predicted octanol–water partition coefficient (Wildman–Crippen LogP) is 4.96. The van der Waals surface area contributed by atoms with E-state index >= 15 is 0 Å². The van der Waals surface area contributed by atoms with E-state index in [1.807, 2.05) is 0 Å². The van der Waals surface area contributed by atoms with Gasteiger partial charge in [0, 0.05) is 25.6 Å². The molecule has 1 unspecified atom stereocenters. The van der Waals surface area contributed by atoms with Gasteiger partial charge in [-0.25, -0.2) is 0 Å². The van der Waals surface area contributed by atoms with E-state index in [1.54, 1.807) is 5.57 Å². The number of nitrogens with zero attached hydrogens (tertiary/aromatic N) is 2. The van der Waals surface area contributed by atoms with Gasteiger partial charge in [-0.2, -0.15) is 0 Å². The molecule has 1 fully saturated rings. The number of allylic oxidation sites excluding steroid dienone is 1. The number of benzene rings is 2. The Hall–Kier alpha value is -2.52. The SMILES string of the molecule is C1=C2CC=C(c3cccc(OCCN4CCCC4)c3)C2CN1Cc1ccccc1. The molecule has 0 amide bonds. The number of fused-ring (bicyclic) bond motifs is 1. The van der Waals surface area contributed by atoms with Crippen LogP contribution in [-0.2, 0) is 6.54 Å². The van der Waals surface area contributed by atoms with Gasteiger partial charge in [0.2, 0.25) is 0 Å². The Bertz CT molecular complexity index is 896. The van der Waals surface area contributed by atoms with Crippen molar-refractivity contribution >= 4 is 5.57 Å². The second kappa shape index (κ2) is 8.46. The molecule has 0 saturated carbocycles. The van der Waals surface area contributed by atoms with E-state index in [4.69, 9.17) is 4.74 Å². The topological polar surface area (TPSA) is 15.7 Å². The fourth-order valence-electron chi connectivity index (χ4n) is 4.90. The largest absolute Gasteiger partial charge is 0.492 e. The van der Waals surface area contributed by atoms with Crippen molar-refractivity contribution in [3.8, 4) is 5.75 Å². The summed E-state index contributed by atoms with van der Waals surface area (Å²) in [5, 5.41) is 0. The average molecular weight is 387 g/mol. The normalized spacial score (nSPS) is 21.2. The molecular weight excluding hydrogens is 356 g/mol. The van der Waals surface area contributed by atoms with Crippen LogP contribution in [0, 0.1) is 5.92 Å². The number of rotatable bonds is 7. The molecule has 2 aliphatic heterocycles. The van der Waals surface area contributed by atoms with E-state index in [-0.39, 0.29) is 0 Å². The van der Waals surface area contributed by atoms with Crippen LogP contribution in [0.4, 0.5) is 0 Å². The molecule has 1 saturated heterocycles. The molecule has 0 N–H and O–H groups in total. The molecule has 150 valence electrons. The van der Waals surface area contributed by atoms with E-state index in [0.29, 0.717) is 5.92 Å². The van der Waals surface area contributed by atoms with Crippen molar-refractivity contribution in [1.82, 2.24) is 9.80 Å². The van der Waals surface area contributed by atoms with E-state index in [1.165, 1.54) is 42.6 Å². The second-order valence-electron chi connectivity index (χ2n) is 8.46. The van der Waals surface area contributed by atoms with Crippen molar-refractivity contribution in [2.24, 2.45) is 5.92 Å². The summed E-state index contributed by atoms with van der Waals surface area (Å²) in [5.41, 5.74) is 5.72. The summed E-state index contributed by atoms with van der Waals surface area (Å²) in [6.45, 7) is 6.35. The lowest BCUT2D eigenvalue weighted by Gasteiger charge is -2.20. The van der Waals surface area contributed by atoms with Crippen LogP contribution in [0.25, 0.3) is 5.57 Å². The smallest absolute Gasteiger partial charge is 0.119 e. The zero-order valence-electron chi connectivity index (χ0n) is 17.1. The first-order chi connectivity index (χ1) is 14.3. The third-order valence-electron chi connectivity index (χ3n) is 6.42. The molecule has 2 aromatic rings. The molecule has 0 bridgehead atoms. The molecule has 0 aromatic heterocycles. The molecule has 3 aliphatic rings. The Morgan fingerprint density at radius 1 is 0.966 bits per heavy atom. The van der Waals surface area contributed by atoms with Crippen molar-refractivity contribution in [3.05, 3.63) is 83.6 Å². The third-order valence-corrected chi connectivity index (χ3v) is 6.42. The Balaban J connectivity index is 1.21. The lowest BCUT2D eigenvalue weighted by molar-refractivity contribution is 0.238. The van der Waals surface area contributed by atoms with Gasteiger partial charge in [-0.15, -0.1) is 0 Å². The van der Waals surface area contributed by atoms with E-state index in [2.05, 4.69) is 76.7 Å². The molecule has 2 aromatic carbocycles. The highest BCUT2D eigenvalue weighted by Crippen LogP contribution is 2.42. The van der Waals surface area contributed by atoms with Crippen molar-refractivity contribution in [2.45, 2.75) is 25.8 Å². The van der Waals surface area contributed by atoms with Crippen LogP contribution in [0.15, 0.2) is 72.4 Å². The summed E-state index contributed by atoms with van der Waals surface area (Å²) >= 11 is 0. The van der Waals surface area contributed by atoms with Gasteiger partial charge in [0.25, 0.3) is 0 Å². The highest BCUT2D eigenvalue weighted by Gasteiger charge is 2.31. The second-order valence-corrected chi connectivity index (χ2v) is 8.46. The van der Waals surface area contributed by atoms with Gasteiger partial charge >= 0.3 is 0 Å². The highest BCUT2D eigenvalue weighted by molar-refractivity contribution is 5.75. The minimum absolute atomic E-state index is 0.526. The molecule has 1 atom stereocenters. The highest BCUT2D eigenvalue weighted by atomic mass is 16.5. The Kier molecular flexibility index (Phi) is 5.40. The summed E-state index contributed by atoms with van der Waals surface area (Å²) in [4.78, 5) is 4.97. The quantitative estimate of drug-likeness (QED) is 0.669. The summed E-state index contributed by atoms with van der Waals surface area (Å²) in [5.74, 6) is 1.53. The minimum Gasteiger partial charge on any atom is -0.492 e. The van der Waals surface area contributed by atoms with E-state index in [9.17, 15) is 0 Å². The monoisotopic (exact) mass is 386 g/mol. The van der Waals surface area contributed by atoms with Gasteiger partial charge in [-0.1, -0.05) is 48.5 Å². The molecule has 3 nitrogen and oxygen atoms in total. The molecule has 0 spiro atoms.